The molecule has 4 aromatic rings. The van der Waals surface area contributed by atoms with Gasteiger partial charge in [0.25, 0.3) is 5.91 Å². The van der Waals surface area contributed by atoms with Crippen molar-refractivity contribution in [2.45, 2.75) is 12.2 Å². The Labute approximate surface area is 223 Å². The summed E-state index contributed by atoms with van der Waals surface area (Å²) in [5.41, 5.74) is 0.918. The van der Waals surface area contributed by atoms with Crippen molar-refractivity contribution < 1.29 is 33.0 Å². The third kappa shape index (κ3) is 5.14. The molecule has 1 aliphatic rings. The number of phenols is 1. The summed E-state index contributed by atoms with van der Waals surface area (Å²) in [6.07, 6.45) is -4.53. The number of carboxylic acid groups (broad SMARTS) is 1. The van der Waals surface area contributed by atoms with E-state index in [1.165, 1.54) is 29.5 Å². The van der Waals surface area contributed by atoms with E-state index in [2.05, 4.69) is 15.3 Å². The second-order valence-corrected chi connectivity index (χ2v) is 9.15. The molecule has 0 saturated heterocycles. The Morgan fingerprint density at radius 3 is 2.41 bits per heavy atom. The van der Waals surface area contributed by atoms with Crippen molar-refractivity contribution in [2.24, 2.45) is 15.3 Å². The molecule has 0 saturated carbocycles. The number of hydrogen-bond donors (Lipinski definition) is 2. The number of para-hydroxylation sites is 1. The number of nitrogens with zero attached hydrogens (tertiary/aromatic N) is 4. The SMILES string of the molecule is O=C(O)c1cccc(-c2cccc(N=NC3C(=O)N(c4ccc(C(F)(F)F)cc4)N=C3c3ccsc3)c2O)c1. The molecule has 1 atom stereocenters. The fraction of sp³-hybridized carbons (Fsp3) is 0.0741. The van der Waals surface area contributed by atoms with Crippen molar-refractivity contribution in [1.82, 2.24) is 0 Å². The van der Waals surface area contributed by atoms with E-state index in [9.17, 15) is 33.0 Å². The van der Waals surface area contributed by atoms with Gasteiger partial charge in [-0.05, 0) is 64.9 Å². The zero-order valence-corrected chi connectivity index (χ0v) is 20.5. The highest BCUT2D eigenvalue weighted by atomic mass is 32.1. The third-order valence-electron chi connectivity index (χ3n) is 5.88. The summed E-state index contributed by atoms with van der Waals surface area (Å²) in [6.45, 7) is 0. The van der Waals surface area contributed by atoms with Crippen LogP contribution in [0.5, 0.6) is 5.75 Å². The van der Waals surface area contributed by atoms with Crippen LogP contribution in [0.25, 0.3) is 11.1 Å². The van der Waals surface area contributed by atoms with E-state index in [0.29, 0.717) is 16.7 Å². The number of amides is 1. The summed E-state index contributed by atoms with van der Waals surface area (Å²) in [6, 6.07) is 15.2. The third-order valence-corrected chi connectivity index (χ3v) is 6.56. The van der Waals surface area contributed by atoms with E-state index in [1.807, 2.05) is 0 Å². The van der Waals surface area contributed by atoms with E-state index < -0.39 is 29.7 Å². The van der Waals surface area contributed by atoms with E-state index >= 15 is 0 Å². The largest absolute Gasteiger partial charge is 0.505 e. The van der Waals surface area contributed by atoms with Gasteiger partial charge in [0.2, 0.25) is 0 Å². The minimum atomic E-state index is -4.53. The average molecular weight is 551 g/mol. The van der Waals surface area contributed by atoms with Gasteiger partial charge < -0.3 is 10.2 Å². The van der Waals surface area contributed by atoms with Gasteiger partial charge in [0.1, 0.15) is 11.4 Å². The average Bonchev–Trinajstić information content (AvgIpc) is 3.56. The van der Waals surface area contributed by atoms with Crippen molar-refractivity contribution in [3.63, 3.8) is 0 Å². The van der Waals surface area contributed by atoms with Crippen LogP contribution in [0.1, 0.15) is 21.5 Å². The van der Waals surface area contributed by atoms with Crippen LogP contribution in [-0.4, -0.2) is 33.8 Å². The Balaban J connectivity index is 1.48. The highest BCUT2D eigenvalue weighted by molar-refractivity contribution is 7.08. The highest BCUT2D eigenvalue weighted by Crippen LogP contribution is 2.38. The van der Waals surface area contributed by atoms with Crippen molar-refractivity contribution in [3.05, 3.63) is 100 Å². The van der Waals surface area contributed by atoms with Gasteiger partial charge in [-0.3, -0.25) is 4.79 Å². The predicted molar refractivity (Wildman–Crippen MR) is 139 cm³/mol. The molecule has 0 fully saturated rings. The van der Waals surface area contributed by atoms with Gasteiger partial charge in [-0.2, -0.15) is 44.8 Å². The number of thiophene rings is 1. The van der Waals surface area contributed by atoms with Crippen LogP contribution in [0.4, 0.5) is 24.5 Å². The van der Waals surface area contributed by atoms with Crippen molar-refractivity contribution in [3.8, 4) is 16.9 Å². The van der Waals surface area contributed by atoms with Gasteiger partial charge in [0.05, 0.1) is 16.8 Å². The molecule has 2 heterocycles. The Morgan fingerprint density at radius 1 is 1.00 bits per heavy atom. The van der Waals surface area contributed by atoms with Crippen molar-refractivity contribution in [2.75, 3.05) is 5.01 Å². The lowest BCUT2D eigenvalue weighted by Crippen LogP contribution is -2.30. The number of carbonyl (C=O) groups is 2. The van der Waals surface area contributed by atoms with Crippen molar-refractivity contribution in [1.29, 1.82) is 0 Å². The summed E-state index contributed by atoms with van der Waals surface area (Å²) in [7, 11) is 0. The lowest BCUT2D eigenvalue weighted by atomic mass is 10.0. The Bertz CT molecular complexity index is 1620. The lowest BCUT2D eigenvalue weighted by Gasteiger charge is -2.14. The van der Waals surface area contributed by atoms with Crippen LogP contribution in [0.2, 0.25) is 0 Å². The molecule has 1 unspecified atom stereocenters. The van der Waals surface area contributed by atoms with Gasteiger partial charge in [0, 0.05) is 11.1 Å². The van der Waals surface area contributed by atoms with Gasteiger partial charge in [-0.25, -0.2) is 4.79 Å². The Hall–Kier alpha value is -4.84. The summed E-state index contributed by atoms with van der Waals surface area (Å²) in [4.78, 5) is 24.7. The zero-order valence-electron chi connectivity index (χ0n) is 19.7. The smallest absolute Gasteiger partial charge is 0.416 e. The number of halogens is 3. The van der Waals surface area contributed by atoms with Crippen LogP contribution in [0.3, 0.4) is 0 Å². The molecule has 0 bridgehead atoms. The van der Waals surface area contributed by atoms with Crippen molar-refractivity contribution >= 4 is 40.3 Å². The maximum absolute atomic E-state index is 13.3. The number of phenolic OH excluding ortho intramolecular Hbond substituents is 1. The number of anilines is 1. The molecule has 3 aromatic carbocycles. The summed E-state index contributed by atoms with van der Waals surface area (Å²) in [5, 5.41) is 37.2. The summed E-state index contributed by atoms with van der Waals surface area (Å²) < 4.78 is 39.0. The maximum Gasteiger partial charge on any atom is 0.416 e. The highest BCUT2D eigenvalue weighted by Gasteiger charge is 2.39. The number of benzene rings is 3. The quantitative estimate of drug-likeness (QED) is 0.259. The van der Waals surface area contributed by atoms with E-state index in [4.69, 9.17) is 0 Å². The topological polar surface area (TPSA) is 115 Å². The molecule has 8 nitrogen and oxygen atoms in total. The zero-order chi connectivity index (χ0) is 27.7. The van der Waals surface area contributed by atoms with Gasteiger partial charge in [0.15, 0.2) is 11.8 Å². The predicted octanol–water partition coefficient (Wildman–Crippen LogP) is 6.74. The molecule has 2 N–H and O–H groups in total. The fourth-order valence-electron chi connectivity index (χ4n) is 3.94. The number of carbonyl (C=O) groups excluding carboxylic acids is 1. The number of aromatic carboxylic acids is 1. The van der Waals surface area contributed by atoms with Gasteiger partial charge in [-0.15, -0.1) is 0 Å². The first-order valence-corrected chi connectivity index (χ1v) is 12.3. The van der Waals surface area contributed by atoms with Gasteiger partial charge >= 0.3 is 12.1 Å². The molecular formula is C27H17F3N4O4S. The summed E-state index contributed by atoms with van der Waals surface area (Å²) >= 11 is 1.36. The minimum Gasteiger partial charge on any atom is -0.505 e. The first-order chi connectivity index (χ1) is 18.6. The molecule has 0 aliphatic carbocycles. The van der Waals surface area contributed by atoms with Crippen LogP contribution in [0.15, 0.2) is 98.9 Å². The van der Waals surface area contributed by atoms with E-state index in [1.54, 1.807) is 41.1 Å². The van der Waals surface area contributed by atoms with E-state index in [-0.39, 0.29) is 28.4 Å². The summed E-state index contributed by atoms with van der Waals surface area (Å²) in [5.74, 6) is -2.03. The number of hydrogen-bond acceptors (Lipinski definition) is 7. The first-order valence-electron chi connectivity index (χ1n) is 11.3. The Morgan fingerprint density at radius 2 is 1.74 bits per heavy atom. The van der Waals surface area contributed by atoms with Crippen LogP contribution >= 0.6 is 11.3 Å². The maximum atomic E-state index is 13.3. The number of carboxylic acids is 1. The fourth-order valence-corrected chi connectivity index (χ4v) is 4.59. The standard InChI is InChI=1S/C27H17F3N4O4S/c28-27(29,30)18-7-9-19(10-8-18)34-25(36)23(22(33-34)17-11-12-39-14-17)32-31-21-6-2-5-20(24(21)35)15-3-1-4-16(13-15)26(37)38/h1-14,23,35H,(H,37,38). The van der Waals surface area contributed by atoms with Crippen LogP contribution in [0, 0.1) is 0 Å². The molecule has 1 aromatic heterocycles. The number of rotatable bonds is 6. The molecule has 12 heteroatoms. The molecule has 0 spiro atoms. The Kier molecular flexibility index (Phi) is 6.71. The normalized spacial score (nSPS) is 15.7. The monoisotopic (exact) mass is 550 g/mol. The molecule has 196 valence electrons. The molecule has 1 aliphatic heterocycles. The number of alkyl halides is 3. The molecule has 1 amide bonds. The number of hydrazone groups is 1. The van der Waals surface area contributed by atoms with Gasteiger partial charge in [-0.1, -0.05) is 24.3 Å². The second-order valence-electron chi connectivity index (χ2n) is 8.37. The molecular weight excluding hydrogens is 533 g/mol. The minimum absolute atomic E-state index is 0.0266. The molecule has 5 rings (SSSR count). The van der Waals surface area contributed by atoms with E-state index in [0.717, 1.165) is 29.3 Å². The van der Waals surface area contributed by atoms with Crippen LogP contribution < -0.4 is 5.01 Å². The number of aromatic hydroxyl groups is 1. The van der Waals surface area contributed by atoms with Crippen LogP contribution in [-0.2, 0) is 11.0 Å². The first kappa shape index (κ1) is 25.8. The lowest BCUT2D eigenvalue weighted by molar-refractivity contribution is -0.137. The second kappa shape index (κ2) is 10.1. The molecule has 39 heavy (non-hydrogen) atoms. The number of azo groups is 1. The molecule has 0 radical (unpaired) electrons.